The van der Waals surface area contributed by atoms with Gasteiger partial charge in [0, 0.05) is 5.56 Å². The fourth-order valence-corrected chi connectivity index (χ4v) is 4.19. The highest BCUT2D eigenvalue weighted by molar-refractivity contribution is 7.22. The molecule has 5 nitrogen and oxygen atoms in total. The van der Waals surface area contributed by atoms with Gasteiger partial charge in [-0.2, -0.15) is 0 Å². The Morgan fingerprint density at radius 3 is 2.79 bits per heavy atom. The Balaban J connectivity index is 1.79. The molecule has 0 N–H and O–H groups in total. The lowest BCUT2D eigenvalue weighted by Gasteiger charge is -2.19. The number of carbonyl (C=O) groups is 1. The predicted octanol–water partition coefficient (Wildman–Crippen LogP) is 5.36. The second-order valence-electron chi connectivity index (χ2n) is 6.63. The summed E-state index contributed by atoms with van der Waals surface area (Å²) in [6.45, 7) is 4.42. The van der Waals surface area contributed by atoms with E-state index in [-0.39, 0.29) is 5.91 Å². The number of anilines is 1. The molecule has 1 amide bonds. The van der Waals surface area contributed by atoms with Gasteiger partial charge in [-0.15, -0.1) is 0 Å². The number of carbonyl (C=O) groups excluding carboxylic acids is 1. The molecule has 142 valence electrons. The summed E-state index contributed by atoms with van der Waals surface area (Å²) in [7, 11) is 1.59. The van der Waals surface area contributed by atoms with Crippen LogP contribution in [0.5, 0.6) is 5.75 Å². The summed E-state index contributed by atoms with van der Waals surface area (Å²) in [4.78, 5) is 19.8. The molecule has 0 aliphatic carbocycles. The van der Waals surface area contributed by atoms with E-state index in [1.165, 1.54) is 11.3 Å². The van der Waals surface area contributed by atoms with Crippen LogP contribution in [0.25, 0.3) is 10.2 Å². The van der Waals surface area contributed by atoms with E-state index in [1.807, 2.05) is 37.3 Å². The summed E-state index contributed by atoms with van der Waals surface area (Å²) in [6.07, 6.45) is 1.61. The molecule has 2 aromatic heterocycles. The maximum Gasteiger partial charge on any atom is 0.260 e. The van der Waals surface area contributed by atoms with Gasteiger partial charge in [0.15, 0.2) is 5.13 Å². The number of benzene rings is 2. The van der Waals surface area contributed by atoms with Crippen molar-refractivity contribution < 1.29 is 13.9 Å². The standard InChI is InChI=1S/C22H20N2O3S/c1-14-10-15(2)20-19(11-14)23-22(28-20)24(13-18-8-5-9-27-18)21(25)16-6-4-7-17(12-16)26-3/h4-12H,13H2,1-3H3. The zero-order valence-electron chi connectivity index (χ0n) is 15.9. The predicted molar refractivity (Wildman–Crippen MR) is 111 cm³/mol. The molecule has 0 fully saturated rings. The Hall–Kier alpha value is -3.12. The molecule has 0 saturated carbocycles. The van der Waals surface area contributed by atoms with Crippen LogP contribution in [0.3, 0.4) is 0 Å². The SMILES string of the molecule is COc1cccc(C(=O)N(Cc2ccco2)c2nc3cc(C)cc(C)c3s2)c1. The van der Waals surface area contributed by atoms with Crippen LogP contribution < -0.4 is 9.64 Å². The van der Waals surface area contributed by atoms with Gasteiger partial charge in [-0.05, 0) is 61.4 Å². The maximum absolute atomic E-state index is 13.4. The van der Waals surface area contributed by atoms with Crippen molar-refractivity contribution in [3.05, 3.63) is 77.2 Å². The van der Waals surface area contributed by atoms with Crippen molar-refractivity contribution in [3.8, 4) is 5.75 Å². The van der Waals surface area contributed by atoms with E-state index in [2.05, 4.69) is 13.0 Å². The Morgan fingerprint density at radius 2 is 2.04 bits per heavy atom. The topological polar surface area (TPSA) is 55.6 Å². The van der Waals surface area contributed by atoms with Crippen molar-refractivity contribution in [3.63, 3.8) is 0 Å². The molecule has 2 aromatic carbocycles. The monoisotopic (exact) mass is 392 g/mol. The van der Waals surface area contributed by atoms with Crippen LogP contribution in [0.15, 0.2) is 59.2 Å². The molecular formula is C22H20N2O3S. The largest absolute Gasteiger partial charge is 0.497 e. The summed E-state index contributed by atoms with van der Waals surface area (Å²) in [5.74, 6) is 1.19. The third-order valence-corrected chi connectivity index (χ3v) is 5.73. The summed E-state index contributed by atoms with van der Waals surface area (Å²) in [6, 6.07) is 15.0. The molecule has 0 radical (unpaired) electrons. The average Bonchev–Trinajstić information content (AvgIpc) is 3.35. The van der Waals surface area contributed by atoms with Crippen molar-refractivity contribution in [2.75, 3.05) is 12.0 Å². The Labute approximate surface area is 167 Å². The summed E-state index contributed by atoms with van der Waals surface area (Å²) >= 11 is 1.52. The van der Waals surface area contributed by atoms with E-state index in [0.717, 1.165) is 21.3 Å². The Bertz CT molecular complexity index is 1130. The molecule has 2 heterocycles. The van der Waals surface area contributed by atoms with E-state index >= 15 is 0 Å². The number of ether oxygens (including phenoxy) is 1. The quantitative estimate of drug-likeness (QED) is 0.459. The normalized spacial score (nSPS) is 11.0. The van der Waals surface area contributed by atoms with Crippen LogP contribution in [0.4, 0.5) is 5.13 Å². The van der Waals surface area contributed by atoms with E-state index in [4.69, 9.17) is 14.1 Å². The molecule has 0 aliphatic heterocycles. The Kier molecular flexibility index (Phi) is 4.88. The van der Waals surface area contributed by atoms with Crippen molar-refractivity contribution in [1.82, 2.24) is 4.98 Å². The van der Waals surface area contributed by atoms with Crippen molar-refractivity contribution in [1.29, 1.82) is 0 Å². The smallest absolute Gasteiger partial charge is 0.260 e. The number of fused-ring (bicyclic) bond motifs is 1. The molecule has 0 unspecified atom stereocenters. The molecule has 0 spiro atoms. The van der Waals surface area contributed by atoms with Crippen molar-refractivity contribution >= 4 is 32.6 Å². The number of nitrogens with zero attached hydrogens (tertiary/aromatic N) is 2. The molecule has 6 heteroatoms. The molecule has 0 aliphatic rings. The van der Waals surface area contributed by atoms with Gasteiger partial charge < -0.3 is 9.15 Å². The number of rotatable bonds is 5. The van der Waals surface area contributed by atoms with Crippen LogP contribution in [0, 0.1) is 13.8 Å². The van der Waals surface area contributed by atoms with Gasteiger partial charge in [0.1, 0.15) is 11.5 Å². The lowest BCUT2D eigenvalue weighted by atomic mass is 10.1. The first-order chi connectivity index (χ1) is 13.5. The van der Waals surface area contributed by atoms with Gasteiger partial charge in [-0.3, -0.25) is 9.69 Å². The fourth-order valence-electron chi connectivity index (χ4n) is 3.18. The first-order valence-electron chi connectivity index (χ1n) is 8.91. The minimum atomic E-state index is -0.149. The molecule has 4 aromatic rings. The van der Waals surface area contributed by atoms with Crippen molar-refractivity contribution in [2.45, 2.75) is 20.4 Å². The number of furan rings is 1. The third-order valence-electron chi connectivity index (χ3n) is 4.50. The number of methoxy groups -OCH3 is 1. The Morgan fingerprint density at radius 1 is 1.18 bits per heavy atom. The van der Waals surface area contributed by atoms with E-state index < -0.39 is 0 Å². The van der Waals surface area contributed by atoms with E-state index in [9.17, 15) is 4.79 Å². The first kappa shape index (κ1) is 18.3. The number of aromatic nitrogens is 1. The zero-order chi connectivity index (χ0) is 19.7. The number of thiazole rings is 1. The van der Waals surface area contributed by atoms with Crippen LogP contribution in [-0.2, 0) is 6.54 Å². The molecule has 0 saturated heterocycles. The minimum absolute atomic E-state index is 0.149. The van der Waals surface area contributed by atoms with Gasteiger partial charge in [0.05, 0.1) is 30.1 Å². The highest BCUT2D eigenvalue weighted by atomic mass is 32.1. The summed E-state index contributed by atoms with van der Waals surface area (Å²) in [5, 5.41) is 0.646. The minimum Gasteiger partial charge on any atom is -0.497 e. The number of amides is 1. The van der Waals surface area contributed by atoms with Crippen molar-refractivity contribution in [2.24, 2.45) is 0 Å². The number of aryl methyl sites for hydroxylation is 2. The van der Waals surface area contributed by atoms with Crippen LogP contribution >= 0.6 is 11.3 Å². The number of hydrogen-bond acceptors (Lipinski definition) is 5. The molecule has 4 rings (SSSR count). The maximum atomic E-state index is 13.4. The molecular weight excluding hydrogens is 372 g/mol. The first-order valence-corrected chi connectivity index (χ1v) is 9.73. The fraction of sp³-hybridized carbons (Fsp3) is 0.182. The van der Waals surface area contributed by atoms with Gasteiger partial charge in [-0.25, -0.2) is 4.98 Å². The third kappa shape index (κ3) is 3.51. The van der Waals surface area contributed by atoms with Gasteiger partial charge in [-0.1, -0.05) is 23.5 Å². The zero-order valence-corrected chi connectivity index (χ0v) is 16.7. The lowest BCUT2D eigenvalue weighted by molar-refractivity contribution is 0.0983. The van der Waals surface area contributed by atoms with Gasteiger partial charge in [0.25, 0.3) is 5.91 Å². The van der Waals surface area contributed by atoms with Crippen LogP contribution in [-0.4, -0.2) is 18.0 Å². The van der Waals surface area contributed by atoms with E-state index in [1.54, 1.807) is 30.4 Å². The second-order valence-corrected chi connectivity index (χ2v) is 7.61. The highest BCUT2D eigenvalue weighted by Crippen LogP contribution is 2.33. The summed E-state index contributed by atoms with van der Waals surface area (Å²) in [5.41, 5.74) is 3.75. The van der Waals surface area contributed by atoms with Gasteiger partial charge >= 0.3 is 0 Å². The van der Waals surface area contributed by atoms with Crippen LogP contribution in [0.2, 0.25) is 0 Å². The van der Waals surface area contributed by atoms with E-state index in [0.29, 0.717) is 28.7 Å². The molecule has 28 heavy (non-hydrogen) atoms. The average molecular weight is 392 g/mol. The second kappa shape index (κ2) is 7.48. The van der Waals surface area contributed by atoms with Gasteiger partial charge in [0.2, 0.25) is 0 Å². The molecule has 0 bridgehead atoms. The number of hydrogen-bond donors (Lipinski definition) is 0. The molecule has 0 atom stereocenters. The summed E-state index contributed by atoms with van der Waals surface area (Å²) < 4.78 is 11.8. The highest BCUT2D eigenvalue weighted by Gasteiger charge is 2.23. The van der Waals surface area contributed by atoms with Crippen LogP contribution in [0.1, 0.15) is 27.2 Å². The lowest BCUT2D eigenvalue weighted by Crippen LogP contribution is -2.30.